The molecule has 3 heteroatoms. The molecule has 0 aromatic carbocycles. The van der Waals surface area contributed by atoms with E-state index in [0.717, 1.165) is 37.1 Å². The van der Waals surface area contributed by atoms with Gasteiger partial charge in [0.2, 0.25) is 0 Å². The molecule has 0 spiro atoms. The lowest BCUT2D eigenvalue weighted by molar-refractivity contribution is -0.148. The fourth-order valence-electron chi connectivity index (χ4n) is 2.56. The zero-order chi connectivity index (χ0) is 11.6. The van der Waals surface area contributed by atoms with E-state index in [2.05, 4.69) is 4.98 Å². The Morgan fingerprint density at radius 1 is 1.44 bits per heavy atom. The number of aromatic nitrogens is 1. The van der Waals surface area contributed by atoms with E-state index in [1.807, 2.05) is 25.1 Å². The lowest BCUT2D eigenvalue weighted by Crippen LogP contribution is -2.30. The second-order valence-corrected chi connectivity index (χ2v) is 4.74. The molecule has 1 heterocycles. The van der Waals surface area contributed by atoms with Crippen molar-refractivity contribution in [1.82, 2.24) is 4.98 Å². The van der Waals surface area contributed by atoms with Gasteiger partial charge in [-0.1, -0.05) is 18.9 Å². The zero-order valence-corrected chi connectivity index (χ0v) is 9.57. The van der Waals surface area contributed by atoms with E-state index >= 15 is 0 Å². The summed E-state index contributed by atoms with van der Waals surface area (Å²) in [5, 5.41) is 9.37. The number of carboxylic acid groups (broad SMARTS) is 1. The molecular weight excluding hydrogens is 202 g/mol. The third-order valence-electron chi connectivity index (χ3n) is 3.48. The number of hydrogen-bond donors (Lipinski definition) is 1. The summed E-state index contributed by atoms with van der Waals surface area (Å²) in [5.74, 6) is -0.659. The van der Waals surface area contributed by atoms with E-state index in [4.69, 9.17) is 0 Å². The van der Waals surface area contributed by atoms with Crippen molar-refractivity contribution in [2.45, 2.75) is 39.0 Å². The van der Waals surface area contributed by atoms with Crippen LogP contribution in [0.5, 0.6) is 0 Å². The van der Waals surface area contributed by atoms with Gasteiger partial charge in [0.05, 0.1) is 5.41 Å². The number of nitrogens with zero attached hydrogens (tertiary/aromatic N) is 1. The lowest BCUT2D eigenvalue weighted by atomic mass is 9.81. The van der Waals surface area contributed by atoms with Gasteiger partial charge < -0.3 is 5.11 Å². The Morgan fingerprint density at radius 2 is 2.12 bits per heavy atom. The SMILES string of the molecule is Cc1cccc(CC2(C(=O)O)CCCC2)n1. The van der Waals surface area contributed by atoms with Crippen molar-refractivity contribution in [2.24, 2.45) is 5.41 Å². The molecule has 1 saturated carbocycles. The summed E-state index contributed by atoms with van der Waals surface area (Å²) in [5.41, 5.74) is 1.31. The number of hydrogen-bond acceptors (Lipinski definition) is 2. The molecule has 86 valence electrons. The number of rotatable bonds is 3. The molecule has 0 aliphatic heterocycles. The highest BCUT2D eigenvalue weighted by molar-refractivity contribution is 5.75. The van der Waals surface area contributed by atoms with Crippen LogP contribution in [0.25, 0.3) is 0 Å². The van der Waals surface area contributed by atoms with E-state index in [1.165, 1.54) is 0 Å². The van der Waals surface area contributed by atoms with E-state index in [9.17, 15) is 9.90 Å². The molecule has 0 bridgehead atoms. The van der Waals surface area contributed by atoms with Gasteiger partial charge in [0.25, 0.3) is 0 Å². The van der Waals surface area contributed by atoms with E-state index in [-0.39, 0.29) is 0 Å². The Bertz CT molecular complexity index is 395. The van der Waals surface area contributed by atoms with Crippen LogP contribution in [-0.4, -0.2) is 16.1 Å². The normalized spacial score (nSPS) is 18.6. The summed E-state index contributed by atoms with van der Waals surface area (Å²) >= 11 is 0. The van der Waals surface area contributed by atoms with Gasteiger partial charge in [-0.05, 0) is 31.9 Å². The van der Waals surface area contributed by atoms with Gasteiger partial charge in [-0.15, -0.1) is 0 Å². The van der Waals surface area contributed by atoms with Gasteiger partial charge in [-0.2, -0.15) is 0 Å². The summed E-state index contributed by atoms with van der Waals surface area (Å²) in [6, 6.07) is 5.81. The second-order valence-electron chi connectivity index (χ2n) is 4.74. The van der Waals surface area contributed by atoms with Crippen LogP contribution in [0.2, 0.25) is 0 Å². The molecule has 1 aliphatic carbocycles. The van der Waals surface area contributed by atoms with Crippen LogP contribution in [0.15, 0.2) is 18.2 Å². The molecule has 1 N–H and O–H groups in total. The smallest absolute Gasteiger partial charge is 0.310 e. The van der Waals surface area contributed by atoms with Crippen molar-refractivity contribution in [1.29, 1.82) is 0 Å². The molecule has 0 unspecified atom stereocenters. The fourth-order valence-corrected chi connectivity index (χ4v) is 2.56. The number of carboxylic acids is 1. The summed E-state index contributed by atoms with van der Waals surface area (Å²) < 4.78 is 0. The average Bonchev–Trinajstić information content (AvgIpc) is 2.67. The van der Waals surface area contributed by atoms with Crippen LogP contribution < -0.4 is 0 Å². The van der Waals surface area contributed by atoms with E-state index in [1.54, 1.807) is 0 Å². The molecule has 2 rings (SSSR count). The Hall–Kier alpha value is -1.38. The fraction of sp³-hybridized carbons (Fsp3) is 0.538. The van der Waals surface area contributed by atoms with Crippen molar-refractivity contribution in [3.8, 4) is 0 Å². The Kier molecular flexibility index (Phi) is 2.95. The molecule has 0 radical (unpaired) electrons. The maximum Gasteiger partial charge on any atom is 0.310 e. The summed E-state index contributed by atoms with van der Waals surface area (Å²) in [6.07, 6.45) is 4.20. The quantitative estimate of drug-likeness (QED) is 0.850. The first-order valence-electron chi connectivity index (χ1n) is 5.78. The van der Waals surface area contributed by atoms with Gasteiger partial charge in [-0.25, -0.2) is 0 Å². The molecule has 1 aliphatic rings. The predicted molar refractivity (Wildman–Crippen MR) is 61.2 cm³/mol. The zero-order valence-electron chi connectivity index (χ0n) is 9.57. The van der Waals surface area contributed by atoms with Gasteiger partial charge in [-0.3, -0.25) is 9.78 Å². The highest BCUT2D eigenvalue weighted by Crippen LogP contribution is 2.40. The average molecular weight is 219 g/mol. The van der Waals surface area contributed by atoms with Crippen molar-refractivity contribution in [2.75, 3.05) is 0 Å². The van der Waals surface area contributed by atoms with Gasteiger partial charge in [0.1, 0.15) is 0 Å². The Labute approximate surface area is 95.5 Å². The van der Waals surface area contributed by atoms with Crippen LogP contribution >= 0.6 is 0 Å². The number of pyridine rings is 1. The molecule has 3 nitrogen and oxygen atoms in total. The third-order valence-corrected chi connectivity index (χ3v) is 3.48. The van der Waals surface area contributed by atoms with Crippen LogP contribution in [0.4, 0.5) is 0 Å². The summed E-state index contributed by atoms with van der Waals surface area (Å²) in [6.45, 7) is 1.94. The van der Waals surface area contributed by atoms with E-state index in [0.29, 0.717) is 6.42 Å². The summed E-state index contributed by atoms with van der Waals surface area (Å²) in [7, 11) is 0. The molecule has 1 aromatic rings. The van der Waals surface area contributed by atoms with E-state index < -0.39 is 11.4 Å². The monoisotopic (exact) mass is 219 g/mol. The maximum atomic E-state index is 11.4. The van der Waals surface area contributed by atoms with Crippen LogP contribution in [0.3, 0.4) is 0 Å². The molecule has 16 heavy (non-hydrogen) atoms. The number of carbonyl (C=O) groups is 1. The number of aliphatic carboxylic acids is 1. The highest BCUT2D eigenvalue weighted by atomic mass is 16.4. The highest BCUT2D eigenvalue weighted by Gasteiger charge is 2.41. The standard InChI is InChI=1S/C13H17NO2/c1-10-5-4-6-11(14-10)9-13(12(15)16)7-2-3-8-13/h4-6H,2-3,7-9H2,1H3,(H,15,16). The minimum Gasteiger partial charge on any atom is -0.481 e. The largest absolute Gasteiger partial charge is 0.481 e. The van der Waals surface area contributed by atoms with Crippen molar-refractivity contribution in [3.05, 3.63) is 29.6 Å². The lowest BCUT2D eigenvalue weighted by Gasteiger charge is -2.23. The Morgan fingerprint density at radius 3 is 2.69 bits per heavy atom. The first-order valence-corrected chi connectivity index (χ1v) is 5.78. The second kappa shape index (κ2) is 4.24. The van der Waals surface area contributed by atoms with Crippen molar-refractivity contribution in [3.63, 3.8) is 0 Å². The molecule has 0 saturated heterocycles. The first-order chi connectivity index (χ1) is 7.62. The first kappa shape index (κ1) is 11.1. The molecule has 1 fully saturated rings. The summed E-state index contributed by atoms with van der Waals surface area (Å²) in [4.78, 5) is 15.8. The van der Waals surface area contributed by atoms with Crippen LogP contribution in [0, 0.1) is 12.3 Å². The van der Waals surface area contributed by atoms with Crippen LogP contribution in [0.1, 0.15) is 37.1 Å². The minimum absolute atomic E-state index is 0.555. The Balaban J connectivity index is 2.21. The van der Waals surface area contributed by atoms with Crippen LogP contribution in [-0.2, 0) is 11.2 Å². The topological polar surface area (TPSA) is 50.2 Å². The van der Waals surface area contributed by atoms with Gasteiger partial charge in [0.15, 0.2) is 0 Å². The van der Waals surface area contributed by atoms with Gasteiger partial charge >= 0.3 is 5.97 Å². The molecule has 1 aromatic heterocycles. The number of aryl methyl sites for hydroxylation is 1. The van der Waals surface area contributed by atoms with Crippen molar-refractivity contribution < 1.29 is 9.90 Å². The minimum atomic E-state index is -0.659. The molecule has 0 amide bonds. The molecule has 0 atom stereocenters. The predicted octanol–water partition coefficient (Wildman–Crippen LogP) is 2.58. The molecular formula is C13H17NO2. The third kappa shape index (κ3) is 2.08. The maximum absolute atomic E-state index is 11.4. The van der Waals surface area contributed by atoms with Gasteiger partial charge in [0, 0.05) is 17.8 Å². The van der Waals surface area contributed by atoms with Crippen molar-refractivity contribution >= 4 is 5.97 Å².